The standard InChI is InChI=1S/C21H36O2.C2H6/c1-15-14-19(12-13-20(15)21(22)23-2)18-10-8-17(9-11-18)16-6-4-3-5-7-16;1-2/h15-20H,3-14H2,1-2H3;1-2H3. The van der Waals surface area contributed by atoms with Crippen LogP contribution in [-0.4, -0.2) is 13.1 Å². The molecule has 0 aromatic heterocycles. The van der Waals surface area contributed by atoms with Crippen molar-refractivity contribution < 1.29 is 9.53 Å². The van der Waals surface area contributed by atoms with Crippen LogP contribution in [0, 0.1) is 35.5 Å². The fourth-order valence-electron chi connectivity index (χ4n) is 6.06. The Kier molecular flexibility index (Phi) is 8.79. The van der Waals surface area contributed by atoms with E-state index in [-0.39, 0.29) is 11.9 Å². The van der Waals surface area contributed by atoms with Gasteiger partial charge in [0.1, 0.15) is 0 Å². The van der Waals surface area contributed by atoms with Gasteiger partial charge in [-0.05, 0) is 74.5 Å². The van der Waals surface area contributed by atoms with Gasteiger partial charge in [0.15, 0.2) is 0 Å². The quantitative estimate of drug-likeness (QED) is 0.534. The van der Waals surface area contributed by atoms with Crippen molar-refractivity contribution in [3.63, 3.8) is 0 Å². The van der Waals surface area contributed by atoms with E-state index in [2.05, 4.69) is 6.92 Å². The molecule has 3 rings (SSSR count). The first-order chi connectivity index (χ1) is 12.2. The summed E-state index contributed by atoms with van der Waals surface area (Å²) in [6.45, 7) is 6.27. The van der Waals surface area contributed by atoms with Gasteiger partial charge in [-0.2, -0.15) is 0 Å². The third kappa shape index (κ3) is 5.47. The summed E-state index contributed by atoms with van der Waals surface area (Å²) in [5, 5.41) is 0. The molecule has 2 heteroatoms. The minimum Gasteiger partial charge on any atom is -0.469 e. The van der Waals surface area contributed by atoms with Crippen molar-refractivity contribution >= 4 is 5.97 Å². The highest BCUT2D eigenvalue weighted by molar-refractivity contribution is 5.72. The van der Waals surface area contributed by atoms with E-state index in [1.165, 1.54) is 77.7 Å². The zero-order chi connectivity index (χ0) is 18.2. The fourth-order valence-corrected chi connectivity index (χ4v) is 6.06. The molecule has 0 aromatic rings. The minimum atomic E-state index is 0.0250. The second-order valence-electron chi connectivity index (χ2n) is 8.75. The van der Waals surface area contributed by atoms with Gasteiger partial charge in [0.05, 0.1) is 13.0 Å². The lowest BCUT2D eigenvalue weighted by atomic mass is 9.64. The summed E-state index contributed by atoms with van der Waals surface area (Å²) in [5.41, 5.74) is 0. The average molecular weight is 351 g/mol. The molecule has 0 saturated heterocycles. The second kappa shape index (κ2) is 10.6. The molecule has 0 spiro atoms. The number of methoxy groups -OCH3 is 1. The van der Waals surface area contributed by atoms with Crippen molar-refractivity contribution in [1.82, 2.24) is 0 Å². The van der Waals surface area contributed by atoms with Gasteiger partial charge in [0, 0.05) is 0 Å². The molecular weight excluding hydrogens is 308 g/mol. The summed E-state index contributed by atoms with van der Waals surface area (Å²) in [4.78, 5) is 11.9. The van der Waals surface area contributed by atoms with Crippen molar-refractivity contribution in [1.29, 1.82) is 0 Å². The number of carbonyl (C=O) groups excluding carboxylic acids is 1. The van der Waals surface area contributed by atoms with Gasteiger partial charge in [-0.15, -0.1) is 0 Å². The Morgan fingerprint density at radius 2 is 1.20 bits per heavy atom. The van der Waals surface area contributed by atoms with Crippen LogP contribution >= 0.6 is 0 Å². The van der Waals surface area contributed by atoms with E-state index in [0.29, 0.717) is 5.92 Å². The van der Waals surface area contributed by atoms with Gasteiger partial charge in [0.2, 0.25) is 0 Å². The summed E-state index contributed by atoms with van der Waals surface area (Å²) < 4.78 is 4.98. The van der Waals surface area contributed by atoms with Crippen LogP contribution in [-0.2, 0) is 9.53 Å². The highest BCUT2D eigenvalue weighted by Gasteiger charge is 2.38. The maximum Gasteiger partial charge on any atom is 0.308 e. The van der Waals surface area contributed by atoms with Gasteiger partial charge < -0.3 is 4.74 Å². The van der Waals surface area contributed by atoms with Gasteiger partial charge >= 0.3 is 5.97 Å². The smallest absolute Gasteiger partial charge is 0.308 e. The Balaban J connectivity index is 0.00000109. The van der Waals surface area contributed by atoms with E-state index in [4.69, 9.17) is 4.74 Å². The number of ether oxygens (including phenoxy) is 1. The molecule has 3 aliphatic rings. The lowest BCUT2D eigenvalue weighted by molar-refractivity contribution is -0.149. The number of hydrogen-bond acceptors (Lipinski definition) is 2. The SMILES string of the molecule is CC.COC(=O)C1CCC(C2CCC(C3CCCCC3)CC2)CC1C. The Labute approximate surface area is 156 Å². The fraction of sp³-hybridized carbons (Fsp3) is 0.957. The molecule has 0 heterocycles. The third-order valence-electron chi connectivity index (χ3n) is 7.51. The Morgan fingerprint density at radius 3 is 1.72 bits per heavy atom. The molecule has 0 bridgehead atoms. The second-order valence-corrected chi connectivity index (χ2v) is 8.75. The molecule has 0 aliphatic heterocycles. The zero-order valence-corrected chi connectivity index (χ0v) is 17.3. The normalized spacial score (nSPS) is 36.9. The number of esters is 1. The minimum absolute atomic E-state index is 0.0250. The lowest BCUT2D eigenvalue weighted by Crippen LogP contribution is -2.34. The summed E-state index contributed by atoms with van der Waals surface area (Å²) in [6, 6.07) is 0. The van der Waals surface area contributed by atoms with Crippen LogP contribution in [0.3, 0.4) is 0 Å². The summed E-state index contributed by atoms with van der Waals surface area (Å²) >= 11 is 0. The van der Waals surface area contributed by atoms with Crippen LogP contribution in [0.1, 0.15) is 97.8 Å². The van der Waals surface area contributed by atoms with Crippen molar-refractivity contribution in [3.8, 4) is 0 Å². The molecule has 3 atom stereocenters. The Hall–Kier alpha value is -0.530. The maximum absolute atomic E-state index is 11.9. The largest absolute Gasteiger partial charge is 0.469 e. The van der Waals surface area contributed by atoms with Gasteiger partial charge in [-0.3, -0.25) is 4.79 Å². The van der Waals surface area contributed by atoms with Crippen LogP contribution < -0.4 is 0 Å². The zero-order valence-electron chi connectivity index (χ0n) is 17.3. The van der Waals surface area contributed by atoms with Crippen LogP contribution in [0.2, 0.25) is 0 Å². The van der Waals surface area contributed by atoms with E-state index >= 15 is 0 Å². The molecular formula is C23H42O2. The first-order valence-electron chi connectivity index (χ1n) is 11.3. The highest BCUT2D eigenvalue weighted by atomic mass is 16.5. The molecule has 146 valence electrons. The molecule has 3 aliphatic carbocycles. The number of rotatable bonds is 3. The van der Waals surface area contributed by atoms with E-state index in [0.717, 1.165) is 30.1 Å². The van der Waals surface area contributed by atoms with Crippen LogP contribution in [0.25, 0.3) is 0 Å². The first-order valence-corrected chi connectivity index (χ1v) is 11.3. The number of hydrogen-bond donors (Lipinski definition) is 0. The molecule has 3 saturated carbocycles. The van der Waals surface area contributed by atoms with E-state index in [9.17, 15) is 4.79 Å². The van der Waals surface area contributed by atoms with Crippen molar-refractivity contribution in [3.05, 3.63) is 0 Å². The summed E-state index contributed by atoms with van der Waals surface area (Å²) in [5.74, 6) is 4.60. The Morgan fingerprint density at radius 1 is 0.720 bits per heavy atom. The maximum atomic E-state index is 11.9. The molecule has 0 aromatic carbocycles. The van der Waals surface area contributed by atoms with Crippen LogP contribution in [0.4, 0.5) is 0 Å². The van der Waals surface area contributed by atoms with E-state index < -0.39 is 0 Å². The van der Waals surface area contributed by atoms with Crippen LogP contribution in [0.15, 0.2) is 0 Å². The van der Waals surface area contributed by atoms with Crippen molar-refractivity contribution in [2.24, 2.45) is 35.5 Å². The predicted octanol–water partition coefficient (Wildman–Crippen LogP) is 6.62. The molecule has 25 heavy (non-hydrogen) atoms. The lowest BCUT2D eigenvalue weighted by Gasteiger charge is -2.41. The average Bonchev–Trinajstić information content (AvgIpc) is 2.69. The Bertz CT molecular complexity index is 378. The first kappa shape index (κ1) is 20.8. The van der Waals surface area contributed by atoms with E-state index in [1.807, 2.05) is 13.8 Å². The van der Waals surface area contributed by atoms with Crippen molar-refractivity contribution in [2.45, 2.75) is 97.8 Å². The summed E-state index contributed by atoms with van der Waals surface area (Å²) in [7, 11) is 1.54. The molecule has 3 unspecified atom stereocenters. The van der Waals surface area contributed by atoms with Gasteiger partial charge in [0.25, 0.3) is 0 Å². The molecule has 0 amide bonds. The molecule has 0 radical (unpaired) electrons. The molecule has 0 N–H and O–H groups in total. The third-order valence-corrected chi connectivity index (χ3v) is 7.51. The van der Waals surface area contributed by atoms with Gasteiger partial charge in [-0.25, -0.2) is 0 Å². The highest BCUT2D eigenvalue weighted by Crippen LogP contribution is 2.46. The van der Waals surface area contributed by atoms with E-state index in [1.54, 1.807) is 0 Å². The van der Waals surface area contributed by atoms with Crippen molar-refractivity contribution in [2.75, 3.05) is 7.11 Å². The monoisotopic (exact) mass is 350 g/mol. The molecule has 2 nitrogen and oxygen atoms in total. The van der Waals surface area contributed by atoms with Gasteiger partial charge in [-0.1, -0.05) is 52.9 Å². The topological polar surface area (TPSA) is 26.3 Å². The van der Waals surface area contributed by atoms with Crippen LogP contribution in [0.5, 0.6) is 0 Å². The summed E-state index contributed by atoms with van der Waals surface area (Å²) in [6.07, 6.45) is 16.9. The molecule has 3 fully saturated rings. The predicted molar refractivity (Wildman–Crippen MR) is 105 cm³/mol. The number of carbonyl (C=O) groups is 1.